The normalized spacial score (nSPS) is 11.0. The number of carbonyl (C=O) groups excluding carboxylic acids is 1. The number of ketones is 1. The molecule has 1 rings (SSSR count). The van der Waals surface area contributed by atoms with Gasteiger partial charge in [0.05, 0.1) is 15.6 Å². The van der Waals surface area contributed by atoms with E-state index in [4.69, 9.17) is 5.73 Å². The van der Waals surface area contributed by atoms with Crippen LogP contribution in [0.2, 0.25) is 0 Å². The molecule has 0 amide bonds. The highest BCUT2D eigenvalue weighted by Crippen LogP contribution is 2.30. The van der Waals surface area contributed by atoms with Crippen molar-refractivity contribution in [3.63, 3.8) is 0 Å². The van der Waals surface area contributed by atoms with Crippen molar-refractivity contribution in [3.05, 3.63) is 10.9 Å². The zero-order chi connectivity index (χ0) is 15.0. The van der Waals surface area contributed by atoms with Crippen molar-refractivity contribution in [3.8, 4) is 0 Å². The minimum absolute atomic E-state index is 0.134. The van der Waals surface area contributed by atoms with Gasteiger partial charge in [-0.2, -0.15) is 0 Å². The molecule has 20 heavy (non-hydrogen) atoms. The molecule has 4 heteroatoms. The van der Waals surface area contributed by atoms with E-state index in [2.05, 4.69) is 19.2 Å². The lowest BCUT2D eigenvalue weighted by Gasteiger charge is -2.05. The molecule has 0 atom stereocenters. The molecule has 0 aliphatic carbocycles. The van der Waals surface area contributed by atoms with Crippen molar-refractivity contribution >= 4 is 27.8 Å². The quantitative estimate of drug-likeness (QED) is 0.475. The van der Waals surface area contributed by atoms with Gasteiger partial charge < -0.3 is 11.1 Å². The van der Waals surface area contributed by atoms with Gasteiger partial charge in [0.25, 0.3) is 0 Å². The molecular formula is C16H28N2OS. The zero-order valence-corrected chi connectivity index (χ0v) is 13.8. The van der Waals surface area contributed by atoms with Crippen LogP contribution in [0.4, 0.5) is 10.7 Å². The minimum atomic E-state index is 0.134. The number of rotatable bonds is 10. The number of Topliss-reactive ketones (excluding diaryl/α,β-unsaturated/α-hetero) is 1. The number of anilines is 2. The van der Waals surface area contributed by atoms with E-state index in [0.29, 0.717) is 17.0 Å². The van der Waals surface area contributed by atoms with Gasteiger partial charge in [-0.25, -0.2) is 0 Å². The highest BCUT2D eigenvalue weighted by molar-refractivity contribution is 7.18. The average molecular weight is 296 g/mol. The second-order valence-corrected chi connectivity index (χ2v) is 6.75. The Kier molecular flexibility index (Phi) is 7.67. The smallest absolute Gasteiger partial charge is 0.174 e. The summed E-state index contributed by atoms with van der Waals surface area (Å²) < 4.78 is 0. The number of hydrogen-bond acceptors (Lipinski definition) is 4. The molecule has 0 aliphatic rings. The molecule has 114 valence electrons. The first-order valence-electron chi connectivity index (χ1n) is 7.71. The monoisotopic (exact) mass is 296 g/mol. The lowest BCUT2D eigenvalue weighted by Crippen LogP contribution is -1.99. The molecule has 0 saturated carbocycles. The Labute approximate surface area is 127 Å². The van der Waals surface area contributed by atoms with Gasteiger partial charge in [0.2, 0.25) is 0 Å². The number of nitrogen functional groups attached to an aromatic ring is 1. The van der Waals surface area contributed by atoms with E-state index in [1.807, 2.05) is 13.0 Å². The van der Waals surface area contributed by atoms with Crippen LogP contribution in [0.5, 0.6) is 0 Å². The van der Waals surface area contributed by atoms with Gasteiger partial charge in [-0.05, 0) is 18.4 Å². The van der Waals surface area contributed by atoms with Gasteiger partial charge >= 0.3 is 0 Å². The lowest BCUT2D eigenvalue weighted by atomic mass is 10.0. The summed E-state index contributed by atoms with van der Waals surface area (Å²) in [5, 5.41) is 4.39. The van der Waals surface area contributed by atoms with Crippen LogP contribution >= 0.6 is 11.3 Å². The topological polar surface area (TPSA) is 55.1 Å². The summed E-state index contributed by atoms with van der Waals surface area (Å²) in [6.07, 6.45) is 6.93. The molecule has 0 unspecified atom stereocenters. The maximum Gasteiger partial charge on any atom is 0.174 e. The Morgan fingerprint density at radius 3 is 2.65 bits per heavy atom. The molecule has 0 fully saturated rings. The average Bonchev–Trinajstić information content (AvgIpc) is 2.77. The van der Waals surface area contributed by atoms with E-state index < -0.39 is 0 Å². The molecule has 0 radical (unpaired) electrons. The van der Waals surface area contributed by atoms with Gasteiger partial charge in [0, 0.05) is 13.0 Å². The van der Waals surface area contributed by atoms with Crippen LogP contribution < -0.4 is 11.1 Å². The molecule has 1 aromatic rings. The Morgan fingerprint density at radius 1 is 1.30 bits per heavy atom. The van der Waals surface area contributed by atoms with Crippen molar-refractivity contribution in [1.29, 1.82) is 0 Å². The van der Waals surface area contributed by atoms with Crippen LogP contribution in [-0.4, -0.2) is 12.3 Å². The summed E-state index contributed by atoms with van der Waals surface area (Å²) in [6, 6.07) is 1.88. The molecule has 0 saturated heterocycles. The highest BCUT2D eigenvalue weighted by atomic mass is 32.1. The number of nitrogens with one attached hydrogen (secondary N) is 1. The molecule has 0 aliphatic heterocycles. The van der Waals surface area contributed by atoms with E-state index >= 15 is 0 Å². The van der Waals surface area contributed by atoms with E-state index in [0.717, 1.165) is 17.5 Å². The zero-order valence-electron chi connectivity index (χ0n) is 13.0. The van der Waals surface area contributed by atoms with Crippen molar-refractivity contribution in [2.75, 3.05) is 17.6 Å². The Morgan fingerprint density at radius 2 is 2.00 bits per heavy atom. The van der Waals surface area contributed by atoms with Gasteiger partial charge in [0.1, 0.15) is 0 Å². The van der Waals surface area contributed by atoms with Crippen LogP contribution in [0.15, 0.2) is 6.07 Å². The number of nitrogens with two attached hydrogens (primary N) is 1. The number of unbranched alkanes of at least 4 members (excludes halogenated alkanes) is 3. The Hall–Kier alpha value is -1.03. The summed E-state index contributed by atoms with van der Waals surface area (Å²) in [5.74, 6) is 0.950. The maximum absolute atomic E-state index is 11.7. The van der Waals surface area contributed by atoms with E-state index in [1.54, 1.807) is 0 Å². The Bertz CT molecular complexity index is 413. The first-order chi connectivity index (χ1) is 9.54. The van der Waals surface area contributed by atoms with Crippen LogP contribution in [0, 0.1) is 5.92 Å². The second kappa shape index (κ2) is 9.01. The van der Waals surface area contributed by atoms with Crippen molar-refractivity contribution in [2.24, 2.45) is 5.92 Å². The molecule has 1 aromatic heterocycles. The van der Waals surface area contributed by atoms with Crippen molar-refractivity contribution in [2.45, 2.75) is 59.3 Å². The Balaban J connectivity index is 2.21. The summed E-state index contributed by atoms with van der Waals surface area (Å²) in [5.41, 5.74) is 6.48. The first-order valence-corrected chi connectivity index (χ1v) is 8.52. The first kappa shape index (κ1) is 17.0. The summed E-state index contributed by atoms with van der Waals surface area (Å²) in [7, 11) is 0. The predicted octanol–water partition coefficient (Wildman–Crippen LogP) is 4.94. The predicted molar refractivity (Wildman–Crippen MR) is 89.8 cm³/mol. The minimum Gasteiger partial charge on any atom is -0.397 e. The fourth-order valence-corrected chi connectivity index (χ4v) is 3.13. The third-order valence-corrected chi connectivity index (χ3v) is 4.49. The number of carbonyl (C=O) groups is 1. The highest BCUT2D eigenvalue weighted by Gasteiger charge is 2.12. The van der Waals surface area contributed by atoms with Crippen LogP contribution in [0.1, 0.15) is 69.0 Å². The van der Waals surface area contributed by atoms with Crippen molar-refractivity contribution in [1.82, 2.24) is 0 Å². The summed E-state index contributed by atoms with van der Waals surface area (Å²) >= 11 is 1.48. The fraction of sp³-hybridized carbons (Fsp3) is 0.688. The second-order valence-electron chi connectivity index (χ2n) is 5.70. The van der Waals surface area contributed by atoms with Gasteiger partial charge in [-0.15, -0.1) is 11.3 Å². The summed E-state index contributed by atoms with van der Waals surface area (Å²) in [4.78, 5) is 12.4. The standard InChI is InChI=1S/C16H28N2OS/c1-4-14(19)16-13(17)11-15(20-16)18-10-8-6-5-7-9-12(2)3/h11-12,18H,4-10,17H2,1-3H3. The van der Waals surface area contributed by atoms with E-state index in [1.165, 1.54) is 43.4 Å². The van der Waals surface area contributed by atoms with Gasteiger partial charge in [0.15, 0.2) is 5.78 Å². The third-order valence-electron chi connectivity index (χ3n) is 3.34. The largest absolute Gasteiger partial charge is 0.397 e. The molecular weight excluding hydrogens is 268 g/mol. The molecule has 1 heterocycles. The van der Waals surface area contributed by atoms with Crippen LogP contribution in [0.3, 0.4) is 0 Å². The number of hydrogen-bond donors (Lipinski definition) is 2. The third kappa shape index (κ3) is 5.95. The molecule has 0 aromatic carbocycles. The lowest BCUT2D eigenvalue weighted by molar-refractivity contribution is 0.0993. The van der Waals surface area contributed by atoms with Gasteiger partial charge in [-0.1, -0.05) is 46.5 Å². The molecule has 3 nitrogen and oxygen atoms in total. The van der Waals surface area contributed by atoms with Crippen LogP contribution in [-0.2, 0) is 0 Å². The summed E-state index contributed by atoms with van der Waals surface area (Å²) in [6.45, 7) is 7.38. The fourth-order valence-electron chi connectivity index (χ4n) is 2.11. The maximum atomic E-state index is 11.7. The molecule has 3 N–H and O–H groups in total. The molecule has 0 bridgehead atoms. The molecule has 0 spiro atoms. The van der Waals surface area contributed by atoms with Crippen molar-refractivity contribution < 1.29 is 4.79 Å². The van der Waals surface area contributed by atoms with Gasteiger partial charge in [-0.3, -0.25) is 4.79 Å². The van der Waals surface area contributed by atoms with Crippen LogP contribution in [0.25, 0.3) is 0 Å². The van der Waals surface area contributed by atoms with E-state index in [-0.39, 0.29) is 5.78 Å². The van der Waals surface area contributed by atoms with E-state index in [9.17, 15) is 4.79 Å². The number of thiophene rings is 1. The SMILES string of the molecule is CCC(=O)c1sc(NCCCCCCC(C)C)cc1N.